The Morgan fingerprint density at radius 2 is 1.74 bits per heavy atom. The second-order valence-corrected chi connectivity index (χ2v) is 9.40. The first-order valence-corrected chi connectivity index (χ1v) is 13.0. The van der Waals surface area contributed by atoms with E-state index in [1.54, 1.807) is 49.4 Å². The van der Waals surface area contributed by atoms with Gasteiger partial charge in [-0.15, -0.1) is 0 Å². The lowest BCUT2D eigenvalue weighted by molar-refractivity contribution is -0.189. The molecule has 3 aromatic rings. The van der Waals surface area contributed by atoms with Crippen molar-refractivity contribution in [2.45, 2.75) is 39.1 Å². The van der Waals surface area contributed by atoms with Crippen molar-refractivity contribution in [1.82, 2.24) is 5.43 Å². The minimum atomic E-state index is -5.29. The van der Waals surface area contributed by atoms with Gasteiger partial charge in [0.15, 0.2) is 11.5 Å². The number of esters is 1. The minimum absolute atomic E-state index is 0.0725. The highest BCUT2D eigenvalue weighted by molar-refractivity contribution is 6.33. The Kier molecular flexibility index (Phi) is 10.5. The molecule has 0 aliphatic carbocycles. The summed E-state index contributed by atoms with van der Waals surface area (Å²) in [5.74, 6) is -3.59. The van der Waals surface area contributed by atoms with Crippen molar-refractivity contribution in [2.75, 3.05) is 17.3 Å². The van der Waals surface area contributed by atoms with Gasteiger partial charge in [-0.05, 0) is 62.7 Å². The van der Waals surface area contributed by atoms with Gasteiger partial charge >= 0.3 is 12.1 Å². The van der Waals surface area contributed by atoms with Crippen LogP contribution in [0.15, 0.2) is 60.7 Å². The van der Waals surface area contributed by atoms with Crippen LogP contribution in [0.1, 0.15) is 37.9 Å². The van der Waals surface area contributed by atoms with Gasteiger partial charge in [-0.25, -0.2) is 4.79 Å². The van der Waals surface area contributed by atoms with Crippen molar-refractivity contribution in [1.29, 1.82) is 5.41 Å². The highest BCUT2D eigenvalue weighted by Gasteiger charge is 2.42. The molecule has 0 saturated heterocycles. The highest BCUT2D eigenvalue weighted by Crippen LogP contribution is 2.34. The summed E-state index contributed by atoms with van der Waals surface area (Å²) in [6.45, 7) is 5.77. The van der Waals surface area contributed by atoms with Gasteiger partial charge in [0.2, 0.25) is 0 Å². The van der Waals surface area contributed by atoms with Crippen molar-refractivity contribution in [2.24, 2.45) is 5.73 Å². The van der Waals surface area contributed by atoms with Gasteiger partial charge in [-0.2, -0.15) is 13.2 Å². The van der Waals surface area contributed by atoms with Crippen LogP contribution in [0.25, 0.3) is 0 Å². The number of benzene rings is 3. The summed E-state index contributed by atoms with van der Waals surface area (Å²) < 4.78 is 54.7. The number of nitrogen functional groups attached to an aromatic ring is 1. The standard InChI is InChI=1S/C28H29ClF3N5O5/c1-4-40-23-13-16(9-12-21(23)41-15(2)3)24(26(38)37-36-20-8-6-5-7-19(20)29)35-17-10-11-18(25(33)34)22(14-17)42-27(39)28(30,31)32/h5-15,24,35-36H,4H2,1-3H3,(H3,33,34)(H,37,38). The van der Waals surface area contributed by atoms with E-state index >= 15 is 0 Å². The third-order valence-electron chi connectivity index (χ3n) is 5.44. The second-order valence-electron chi connectivity index (χ2n) is 8.99. The monoisotopic (exact) mass is 607 g/mol. The average Bonchev–Trinajstić information content (AvgIpc) is 2.91. The summed E-state index contributed by atoms with van der Waals surface area (Å²) in [6.07, 6.45) is -5.45. The summed E-state index contributed by atoms with van der Waals surface area (Å²) in [6, 6.07) is 13.9. The quantitative estimate of drug-likeness (QED) is 0.0590. The number of para-hydroxylation sites is 1. The number of hydrogen-bond donors (Lipinski definition) is 5. The van der Waals surface area contributed by atoms with E-state index in [9.17, 15) is 22.8 Å². The normalized spacial score (nSPS) is 11.8. The molecule has 3 rings (SSSR count). The lowest BCUT2D eigenvalue weighted by Gasteiger charge is -2.23. The zero-order valence-corrected chi connectivity index (χ0v) is 23.5. The maximum Gasteiger partial charge on any atom is 0.491 e. The number of rotatable bonds is 12. The van der Waals surface area contributed by atoms with E-state index in [1.165, 1.54) is 12.1 Å². The van der Waals surface area contributed by atoms with Gasteiger partial charge in [-0.1, -0.05) is 29.8 Å². The fourth-order valence-corrected chi connectivity index (χ4v) is 3.81. The number of alkyl halides is 3. The van der Waals surface area contributed by atoms with E-state index in [0.717, 1.165) is 6.07 Å². The Bertz CT molecular complexity index is 1450. The van der Waals surface area contributed by atoms with E-state index in [0.29, 0.717) is 34.4 Å². The third-order valence-corrected chi connectivity index (χ3v) is 5.77. The smallest absolute Gasteiger partial charge is 0.490 e. The first kappa shape index (κ1) is 31.9. The largest absolute Gasteiger partial charge is 0.491 e. The molecule has 1 amide bonds. The predicted molar refractivity (Wildman–Crippen MR) is 152 cm³/mol. The van der Waals surface area contributed by atoms with Gasteiger partial charge in [0.25, 0.3) is 5.91 Å². The first-order chi connectivity index (χ1) is 19.8. The summed E-state index contributed by atoms with van der Waals surface area (Å²) in [5.41, 5.74) is 11.4. The Morgan fingerprint density at radius 3 is 2.36 bits per heavy atom. The second kappa shape index (κ2) is 13.8. The van der Waals surface area contributed by atoms with Gasteiger partial charge in [-0.3, -0.25) is 21.1 Å². The Hall–Kier alpha value is -4.65. The Labute approximate surface area is 244 Å². The van der Waals surface area contributed by atoms with Crippen LogP contribution in [0.2, 0.25) is 5.02 Å². The number of hydrazine groups is 1. The molecule has 1 atom stereocenters. The van der Waals surface area contributed by atoms with E-state index in [2.05, 4.69) is 20.9 Å². The number of halogens is 4. The SMILES string of the molecule is CCOc1cc(C(Nc2ccc(C(=N)N)c(OC(=O)C(F)(F)F)c2)C(=O)NNc2ccccc2Cl)ccc1OC(C)C. The molecule has 6 N–H and O–H groups in total. The zero-order chi connectivity index (χ0) is 31.0. The van der Waals surface area contributed by atoms with Crippen LogP contribution in [0, 0.1) is 5.41 Å². The molecule has 0 radical (unpaired) electrons. The molecule has 0 bridgehead atoms. The van der Waals surface area contributed by atoms with Crippen molar-refractivity contribution >= 4 is 40.7 Å². The molecule has 0 aromatic heterocycles. The number of amides is 1. The minimum Gasteiger partial charge on any atom is -0.490 e. The van der Waals surface area contributed by atoms with Crippen LogP contribution in [-0.4, -0.2) is 36.6 Å². The van der Waals surface area contributed by atoms with Crippen molar-refractivity contribution in [3.63, 3.8) is 0 Å². The van der Waals surface area contributed by atoms with Crippen LogP contribution in [0.3, 0.4) is 0 Å². The molecule has 0 heterocycles. The number of anilines is 2. The molecule has 1 unspecified atom stereocenters. The number of ether oxygens (including phenoxy) is 3. The molecule has 10 nitrogen and oxygen atoms in total. The highest BCUT2D eigenvalue weighted by atomic mass is 35.5. The molecule has 0 aliphatic heterocycles. The third kappa shape index (κ3) is 8.43. The molecule has 0 aliphatic rings. The summed E-state index contributed by atoms with van der Waals surface area (Å²) in [7, 11) is 0. The van der Waals surface area contributed by atoms with Crippen molar-refractivity contribution in [3.8, 4) is 17.2 Å². The molecule has 42 heavy (non-hydrogen) atoms. The molecule has 14 heteroatoms. The van der Waals surface area contributed by atoms with Crippen LogP contribution in [0.5, 0.6) is 17.2 Å². The van der Waals surface area contributed by atoms with E-state index < -0.39 is 35.7 Å². The van der Waals surface area contributed by atoms with Crippen LogP contribution < -0.4 is 36.1 Å². The Morgan fingerprint density at radius 1 is 1.02 bits per heavy atom. The van der Waals surface area contributed by atoms with Gasteiger partial charge < -0.3 is 25.3 Å². The topological polar surface area (TPSA) is 148 Å². The maximum atomic E-state index is 13.5. The van der Waals surface area contributed by atoms with Crippen molar-refractivity contribution < 1.29 is 37.0 Å². The van der Waals surface area contributed by atoms with Crippen molar-refractivity contribution in [3.05, 3.63) is 76.8 Å². The predicted octanol–water partition coefficient (Wildman–Crippen LogP) is 5.57. The van der Waals surface area contributed by atoms with Gasteiger partial charge in [0, 0.05) is 11.8 Å². The average molecular weight is 608 g/mol. The number of carbonyl (C=O) groups excluding carboxylic acids is 2. The molecule has 224 valence electrons. The molecule has 0 saturated carbocycles. The van der Waals surface area contributed by atoms with E-state index in [-0.39, 0.29) is 17.4 Å². The summed E-state index contributed by atoms with van der Waals surface area (Å²) in [5, 5.41) is 10.9. The number of nitrogens with two attached hydrogens (primary N) is 1. The van der Waals surface area contributed by atoms with Crippen LogP contribution in [0.4, 0.5) is 24.5 Å². The fourth-order valence-electron chi connectivity index (χ4n) is 3.63. The lowest BCUT2D eigenvalue weighted by atomic mass is 10.0. The molecule has 0 fully saturated rings. The van der Waals surface area contributed by atoms with E-state index in [1.807, 2.05) is 13.8 Å². The maximum absolute atomic E-state index is 13.5. The number of hydrogen-bond acceptors (Lipinski definition) is 8. The number of amidine groups is 1. The summed E-state index contributed by atoms with van der Waals surface area (Å²) >= 11 is 6.17. The fraction of sp³-hybridized carbons (Fsp3) is 0.250. The van der Waals surface area contributed by atoms with Crippen LogP contribution >= 0.6 is 11.6 Å². The number of nitrogens with one attached hydrogen (secondary N) is 4. The molecule has 0 spiro atoms. The number of carbonyl (C=O) groups is 2. The van der Waals surface area contributed by atoms with Crippen LogP contribution in [-0.2, 0) is 9.59 Å². The molecule has 3 aromatic carbocycles. The Balaban J connectivity index is 2.02. The molecular formula is C28H29ClF3N5O5. The molecular weight excluding hydrogens is 579 g/mol. The zero-order valence-electron chi connectivity index (χ0n) is 22.8. The van der Waals surface area contributed by atoms with Gasteiger partial charge in [0.05, 0.1) is 29.0 Å². The summed E-state index contributed by atoms with van der Waals surface area (Å²) in [4.78, 5) is 25.0. The first-order valence-electron chi connectivity index (χ1n) is 12.6. The van der Waals surface area contributed by atoms with E-state index in [4.69, 9.17) is 32.2 Å². The lowest BCUT2D eigenvalue weighted by Crippen LogP contribution is -2.37. The van der Waals surface area contributed by atoms with Gasteiger partial charge in [0.1, 0.15) is 17.6 Å².